The Kier molecular flexibility index (Phi) is 4.11. The SMILES string of the molecule is CC(=O)O/N=C/C1CCCC(C#N)C1. The van der Waals surface area contributed by atoms with Gasteiger partial charge in [-0.3, -0.25) is 0 Å². The number of nitrogens with zero attached hydrogens (tertiary/aromatic N) is 2. The Bertz CT molecular complexity index is 268. The number of rotatable bonds is 2. The molecule has 0 saturated heterocycles. The van der Waals surface area contributed by atoms with E-state index in [4.69, 9.17) is 5.26 Å². The van der Waals surface area contributed by atoms with Gasteiger partial charge in [0.15, 0.2) is 0 Å². The minimum atomic E-state index is -0.408. The first-order valence-corrected chi connectivity index (χ1v) is 4.83. The molecular formula is C10H14N2O2. The van der Waals surface area contributed by atoms with Crippen LogP contribution in [0.25, 0.3) is 0 Å². The van der Waals surface area contributed by atoms with Gasteiger partial charge in [-0.15, -0.1) is 0 Å². The second kappa shape index (κ2) is 5.38. The van der Waals surface area contributed by atoms with Crippen LogP contribution in [0.2, 0.25) is 0 Å². The normalized spacial score (nSPS) is 27.1. The summed E-state index contributed by atoms with van der Waals surface area (Å²) in [5.41, 5.74) is 0. The molecule has 0 spiro atoms. The molecule has 4 nitrogen and oxygen atoms in total. The van der Waals surface area contributed by atoms with Crippen molar-refractivity contribution in [3.05, 3.63) is 0 Å². The predicted octanol–water partition coefficient (Wildman–Crippen LogP) is 1.87. The van der Waals surface area contributed by atoms with E-state index in [9.17, 15) is 4.79 Å². The minimum Gasteiger partial charge on any atom is -0.319 e. The standard InChI is InChI=1S/C10H14N2O2/c1-8(13)14-12-7-10-4-2-3-9(5-10)6-11/h7,9-10H,2-5H2,1H3/b12-7+. The lowest BCUT2D eigenvalue weighted by atomic mass is 9.83. The Morgan fingerprint density at radius 3 is 3.07 bits per heavy atom. The highest BCUT2D eigenvalue weighted by Crippen LogP contribution is 2.27. The smallest absolute Gasteiger partial charge is 0.319 e. The van der Waals surface area contributed by atoms with Gasteiger partial charge in [0, 0.05) is 19.1 Å². The lowest BCUT2D eigenvalue weighted by molar-refractivity contribution is -0.140. The van der Waals surface area contributed by atoms with E-state index in [2.05, 4.69) is 16.1 Å². The fourth-order valence-electron chi connectivity index (χ4n) is 1.67. The summed E-state index contributed by atoms with van der Waals surface area (Å²) in [6, 6.07) is 2.26. The second-order valence-corrected chi connectivity index (χ2v) is 3.59. The fourth-order valence-corrected chi connectivity index (χ4v) is 1.67. The Morgan fingerprint density at radius 2 is 2.43 bits per heavy atom. The van der Waals surface area contributed by atoms with E-state index in [0.717, 1.165) is 25.7 Å². The van der Waals surface area contributed by atoms with E-state index < -0.39 is 5.97 Å². The summed E-state index contributed by atoms with van der Waals surface area (Å²) in [6.07, 6.45) is 5.54. The van der Waals surface area contributed by atoms with Gasteiger partial charge >= 0.3 is 5.97 Å². The molecule has 14 heavy (non-hydrogen) atoms. The van der Waals surface area contributed by atoms with Crippen LogP contribution >= 0.6 is 0 Å². The van der Waals surface area contributed by atoms with Gasteiger partial charge in [-0.1, -0.05) is 11.6 Å². The maximum Gasteiger partial charge on any atom is 0.331 e. The van der Waals surface area contributed by atoms with E-state index >= 15 is 0 Å². The lowest BCUT2D eigenvalue weighted by Gasteiger charge is -2.21. The molecule has 1 rings (SSSR count). The van der Waals surface area contributed by atoms with Crippen LogP contribution in [-0.4, -0.2) is 12.2 Å². The summed E-state index contributed by atoms with van der Waals surface area (Å²) < 4.78 is 0. The van der Waals surface area contributed by atoms with Gasteiger partial charge in [-0.05, 0) is 25.2 Å². The summed E-state index contributed by atoms with van der Waals surface area (Å²) in [6.45, 7) is 1.32. The zero-order chi connectivity index (χ0) is 10.4. The summed E-state index contributed by atoms with van der Waals surface area (Å²) in [4.78, 5) is 14.9. The molecular weight excluding hydrogens is 180 g/mol. The van der Waals surface area contributed by atoms with Crippen molar-refractivity contribution >= 4 is 12.2 Å². The van der Waals surface area contributed by atoms with Gasteiger partial charge in [-0.2, -0.15) is 5.26 Å². The summed E-state index contributed by atoms with van der Waals surface area (Å²) in [5.74, 6) is 0.0131. The van der Waals surface area contributed by atoms with E-state index in [0.29, 0.717) is 0 Å². The molecule has 0 bridgehead atoms. The Labute approximate surface area is 83.5 Å². The van der Waals surface area contributed by atoms with Gasteiger partial charge in [-0.25, -0.2) is 4.79 Å². The molecule has 0 aromatic carbocycles. The quantitative estimate of drug-likeness (QED) is 0.383. The van der Waals surface area contributed by atoms with E-state index in [1.54, 1.807) is 6.21 Å². The molecule has 2 atom stereocenters. The van der Waals surface area contributed by atoms with Gasteiger partial charge in [0.05, 0.1) is 6.07 Å². The van der Waals surface area contributed by atoms with Crippen molar-refractivity contribution in [3.63, 3.8) is 0 Å². The predicted molar refractivity (Wildman–Crippen MR) is 51.3 cm³/mol. The second-order valence-electron chi connectivity index (χ2n) is 3.59. The van der Waals surface area contributed by atoms with Crippen molar-refractivity contribution in [2.24, 2.45) is 17.0 Å². The Balaban J connectivity index is 2.34. The Hall–Kier alpha value is -1.37. The van der Waals surface area contributed by atoms with Crippen LogP contribution in [0.3, 0.4) is 0 Å². The first-order valence-electron chi connectivity index (χ1n) is 4.83. The topological polar surface area (TPSA) is 62.4 Å². The zero-order valence-electron chi connectivity index (χ0n) is 8.27. The van der Waals surface area contributed by atoms with Crippen molar-refractivity contribution in [1.82, 2.24) is 0 Å². The van der Waals surface area contributed by atoms with Crippen LogP contribution in [0.5, 0.6) is 0 Å². The van der Waals surface area contributed by atoms with Crippen LogP contribution in [0, 0.1) is 23.2 Å². The molecule has 76 valence electrons. The van der Waals surface area contributed by atoms with Crippen LogP contribution in [0.4, 0.5) is 0 Å². The summed E-state index contributed by atoms with van der Waals surface area (Å²) in [5, 5.41) is 12.3. The third-order valence-corrected chi connectivity index (χ3v) is 2.35. The molecule has 1 aliphatic carbocycles. The highest BCUT2D eigenvalue weighted by Gasteiger charge is 2.20. The van der Waals surface area contributed by atoms with E-state index in [1.807, 2.05) is 0 Å². The average Bonchev–Trinajstić information content (AvgIpc) is 2.18. The molecule has 0 aliphatic heterocycles. The molecule has 0 amide bonds. The molecule has 0 N–H and O–H groups in total. The molecule has 0 aromatic rings. The molecule has 0 heterocycles. The molecule has 1 fully saturated rings. The van der Waals surface area contributed by atoms with E-state index in [-0.39, 0.29) is 11.8 Å². The van der Waals surface area contributed by atoms with Crippen molar-refractivity contribution in [1.29, 1.82) is 5.26 Å². The van der Waals surface area contributed by atoms with Crippen LogP contribution in [-0.2, 0) is 9.63 Å². The monoisotopic (exact) mass is 194 g/mol. The molecule has 0 aromatic heterocycles. The van der Waals surface area contributed by atoms with Crippen LogP contribution < -0.4 is 0 Å². The third kappa shape index (κ3) is 3.56. The number of carbonyl (C=O) groups excluding carboxylic acids is 1. The summed E-state index contributed by atoms with van der Waals surface area (Å²) >= 11 is 0. The van der Waals surface area contributed by atoms with E-state index in [1.165, 1.54) is 6.92 Å². The lowest BCUT2D eigenvalue weighted by Crippen LogP contribution is -2.15. The van der Waals surface area contributed by atoms with Crippen LogP contribution in [0.1, 0.15) is 32.6 Å². The number of hydrogen-bond acceptors (Lipinski definition) is 4. The minimum absolute atomic E-state index is 0.137. The fraction of sp³-hybridized carbons (Fsp3) is 0.700. The average molecular weight is 194 g/mol. The van der Waals surface area contributed by atoms with Crippen molar-refractivity contribution in [3.8, 4) is 6.07 Å². The van der Waals surface area contributed by atoms with Gasteiger partial charge in [0.2, 0.25) is 0 Å². The molecule has 4 heteroatoms. The maximum absolute atomic E-state index is 10.4. The molecule has 2 unspecified atom stereocenters. The third-order valence-electron chi connectivity index (χ3n) is 2.35. The summed E-state index contributed by atoms with van der Waals surface area (Å²) in [7, 11) is 0. The Morgan fingerprint density at radius 1 is 1.64 bits per heavy atom. The first-order chi connectivity index (χ1) is 6.72. The highest BCUT2D eigenvalue weighted by atomic mass is 16.7. The van der Waals surface area contributed by atoms with Gasteiger partial charge < -0.3 is 4.84 Å². The maximum atomic E-state index is 10.4. The molecule has 0 radical (unpaired) electrons. The van der Waals surface area contributed by atoms with Crippen molar-refractivity contribution in [2.45, 2.75) is 32.6 Å². The van der Waals surface area contributed by atoms with Crippen molar-refractivity contribution in [2.75, 3.05) is 0 Å². The largest absolute Gasteiger partial charge is 0.331 e. The van der Waals surface area contributed by atoms with Crippen LogP contribution in [0.15, 0.2) is 5.16 Å². The number of nitriles is 1. The molecule has 1 aliphatic rings. The number of oxime groups is 1. The van der Waals surface area contributed by atoms with Gasteiger partial charge in [0.25, 0.3) is 0 Å². The zero-order valence-corrected chi connectivity index (χ0v) is 8.27. The number of carbonyl (C=O) groups is 1. The van der Waals surface area contributed by atoms with Gasteiger partial charge in [0.1, 0.15) is 0 Å². The first kappa shape index (κ1) is 10.7. The highest BCUT2D eigenvalue weighted by molar-refractivity contribution is 5.67. The number of hydrogen-bond donors (Lipinski definition) is 0. The van der Waals surface area contributed by atoms with Crippen molar-refractivity contribution < 1.29 is 9.63 Å². The molecule has 1 saturated carbocycles.